The van der Waals surface area contributed by atoms with Crippen molar-refractivity contribution in [2.24, 2.45) is 10.9 Å². The summed E-state index contributed by atoms with van der Waals surface area (Å²) in [4.78, 5) is 20.0. The van der Waals surface area contributed by atoms with Gasteiger partial charge in [0.25, 0.3) is 0 Å². The second-order valence-corrected chi connectivity index (χ2v) is 10.4. The predicted molar refractivity (Wildman–Crippen MR) is 153 cm³/mol. The fraction of sp³-hybridized carbons (Fsp3) is 0.424. The molecule has 1 unspecified atom stereocenters. The highest BCUT2D eigenvalue weighted by Crippen LogP contribution is 2.30. The summed E-state index contributed by atoms with van der Waals surface area (Å²) < 4.78 is 54.1. The van der Waals surface area contributed by atoms with Gasteiger partial charge in [0.1, 0.15) is 0 Å². The molecule has 0 saturated heterocycles. The molecule has 0 bridgehead atoms. The summed E-state index contributed by atoms with van der Waals surface area (Å²) in [5.74, 6) is -0.536. The van der Waals surface area contributed by atoms with Crippen LogP contribution in [0.4, 0.5) is 17.6 Å². The molecule has 2 heterocycles. The van der Waals surface area contributed by atoms with Gasteiger partial charge in [0.05, 0.1) is 6.42 Å². The molecule has 1 aromatic heterocycles. The Balaban J connectivity index is 1.72. The largest absolute Gasteiger partial charge is 0.393 e. The molecule has 1 atom stereocenters. The van der Waals surface area contributed by atoms with Crippen LogP contribution in [0, 0.1) is 11.9 Å². The lowest BCUT2D eigenvalue weighted by Crippen LogP contribution is -2.17. The lowest BCUT2D eigenvalue weighted by Gasteiger charge is -2.19. The molecule has 1 aliphatic rings. The third-order valence-electron chi connectivity index (χ3n) is 7.02. The zero-order chi connectivity index (χ0) is 29.0. The number of aliphatic imine (C=N–C) groups is 1. The summed E-state index contributed by atoms with van der Waals surface area (Å²) in [7, 11) is 0. The molecule has 7 heteroatoms. The number of rotatable bonds is 14. The fourth-order valence-electron chi connectivity index (χ4n) is 4.99. The van der Waals surface area contributed by atoms with E-state index in [9.17, 15) is 22.4 Å². The summed E-state index contributed by atoms with van der Waals surface area (Å²) >= 11 is 0. The summed E-state index contributed by atoms with van der Waals surface area (Å²) in [6.07, 6.45) is 7.54. The van der Waals surface area contributed by atoms with Crippen molar-refractivity contribution in [2.75, 3.05) is 0 Å². The molecule has 0 N–H and O–H groups in total. The summed E-state index contributed by atoms with van der Waals surface area (Å²) in [5.41, 5.74) is 4.69. The van der Waals surface area contributed by atoms with Crippen molar-refractivity contribution >= 4 is 11.5 Å². The van der Waals surface area contributed by atoms with Gasteiger partial charge in [0, 0.05) is 24.0 Å². The fourth-order valence-corrected chi connectivity index (χ4v) is 4.99. The molecule has 0 saturated carbocycles. The van der Waals surface area contributed by atoms with Crippen LogP contribution in [0.5, 0.6) is 0 Å². The van der Waals surface area contributed by atoms with Crippen molar-refractivity contribution < 1.29 is 22.4 Å². The topological polar surface area (TPSA) is 42.3 Å². The molecule has 214 valence electrons. The maximum absolute atomic E-state index is 13.6. The average molecular weight is 555 g/mol. The molecule has 0 radical (unpaired) electrons. The van der Waals surface area contributed by atoms with Crippen LogP contribution in [0.3, 0.4) is 0 Å². The van der Waals surface area contributed by atoms with Gasteiger partial charge in [-0.1, -0.05) is 49.9 Å². The van der Waals surface area contributed by atoms with Crippen molar-refractivity contribution in [3.63, 3.8) is 0 Å². The minimum atomic E-state index is -4.32. The van der Waals surface area contributed by atoms with Crippen LogP contribution in [0.15, 0.2) is 83.7 Å². The first kappa shape index (κ1) is 31.2. The second-order valence-electron chi connectivity index (χ2n) is 10.4. The lowest BCUT2D eigenvalue weighted by atomic mass is 9.92. The predicted octanol–water partition coefficient (Wildman–Crippen LogP) is 8.89. The lowest BCUT2D eigenvalue weighted by molar-refractivity contribution is -0.126. The van der Waals surface area contributed by atoms with Gasteiger partial charge < -0.3 is 0 Å². The van der Waals surface area contributed by atoms with E-state index in [1.54, 1.807) is 12.1 Å². The van der Waals surface area contributed by atoms with Crippen molar-refractivity contribution in [3.05, 3.63) is 101 Å². The Morgan fingerprint density at radius 2 is 1.73 bits per heavy atom. The molecule has 40 heavy (non-hydrogen) atoms. The number of alkyl halides is 3. The van der Waals surface area contributed by atoms with Crippen LogP contribution in [0.25, 0.3) is 0 Å². The van der Waals surface area contributed by atoms with Crippen molar-refractivity contribution in [2.45, 2.75) is 83.7 Å². The first-order chi connectivity index (χ1) is 19.1. The minimum absolute atomic E-state index is 0.0229. The van der Waals surface area contributed by atoms with Gasteiger partial charge in [0.15, 0.2) is 5.78 Å². The van der Waals surface area contributed by atoms with Gasteiger partial charge in [-0.15, -0.1) is 0 Å². The van der Waals surface area contributed by atoms with E-state index in [-0.39, 0.29) is 17.3 Å². The number of nitrogens with zero attached hydrogens (tertiary/aromatic N) is 2. The number of hydrogen-bond donors (Lipinski definition) is 0. The SMILES string of the molecule is C=CC(=O)CCCc1ccccc1CCCC1=N/C(CCCc2ccnc(F)c2)=C/CC(C)C=C1CC(F)(F)F. The third kappa shape index (κ3) is 11.0. The smallest absolute Gasteiger partial charge is 0.295 e. The molecule has 0 amide bonds. The molecule has 2 aromatic rings. The van der Waals surface area contributed by atoms with Crippen LogP contribution in [0.2, 0.25) is 0 Å². The number of halogens is 4. The number of hydrogen-bond acceptors (Lipinski definition) is 3. The van der Waals surface area contributed by atoms with Gasteiger partial charge in [-0.2, -0.15) is 17.6 Å². The average Bonchev–Trinajstić information content (AvgIpc) is 2.89. The second kappa shape index (κ2) is 15.4. The van der Waals surface area contributed by atoms with Crippen LogP contribution in [-0.4, -0.2) is 22.7 Å². The quantitative estimate of drug-likeness (QED) is 0.133. The number of aryl methyl sites for hydroxylation is 3. The van der Waals surface area contributed by atoms with E-state index in [0.717, 1.165) is 35.2 Å². The third-order valence-corrected chi connectivity index (χ3v) is 7.02. The highest BCUT2D eigenvalue weighted by Gasteiger charge is 2.31. The number of carbonyl (C=O) groups excluding carboxylic acids is 1. The van der Waals surface area contributed by atoms with E-state index < -0.39 is 18.5 Å². The highest BCUT2D eigenvalue weighted by atomic mass is 19.4. The van der Waals surface area contributed by atoms with Gasteiger partial charge in [-0.25, -0.2) is 4.98 Å². The summed E-state index contributed by atoms with van der Waals surface area (Å²) in [6, 6.07) is 11.2. The Bertz CT molecular complexity index is 1240. The number of allylic oxidation sites excluding steroid dienone is 5. The van der Waals surface area contributed by atoms with Crippen LogP contribution in [0.1, 0.15) is 75.0 Å². The Labute approximate surface area is 234 Å². The molecule has 0 fully saturated rings. The number of carbonyl (C=O) groups is 1. The van der Waals surface area contributed by atoms with E-state index in [0.29, 0.717) is 57.1 Å². The van der Waals surface area contributed by atoms with E-state index >= 15 is 0 Å². The maximum Gasteiger partial charge on any atom is 0.393 e. The van der Waals surface area contributed by atoms with E-state index in [2.05, 4.69) is 11.6 Å². The Morgan fingerprint density at radius 1 is 1.02 bits per heavy atom. The number of pyridine rings is 1. The number of ketones is 1. The number of benzene rings is 1. The molecule has 1 aromatic carbocycles. The van der Waals surface area contributed by atoms with E-state index in [4.69, 9.17) is 4.99 Å². The normalized spacial score (nSPS) is 17.2. The first-order valence-electron chi connectivity index (χ1n) is 14.0. The maximum atomic E-state index is 13.6. The van der Waals surface area contributed by atoms with Crippen LogP contribution < -0.4 is 0 Å². The summed E-state index contributed by atoms with van der Waals surface area (Å²) in [5, 5.41) is 0. The van der Waals surface area contributed by atoms with Gasteiger partial charge >= 0.3 is 6.18 Å². The Kier molecular flexibility index (Phi) is 12.0. The molecule has 1 aliphatic heterocycles. The standard InChI is InChI=1S/C33H38F4N2O/c1-3-30(40)15-7-12-26-10-4-5-11-27(26)13-8-16-31-28(23-33(35,36)37)21-24(2)17-18-29(39-31)14-6-9-25-19-20-38-32(34)22-25/h3-5,10-11,18-22,24H,1,6-9,12-17,23H2,2H3/b28-21?,29-18+,39-31?. The minimum Gasteiger partial charge on any atom is -0.295 e. The monoisotopic (exact) mass is 554 g/mol. The molecular weight excluding hydrogens is 516 g/mol. The van der Waals surface area contributed by atoms with Crippen molar-refractivity contribution in [1.82, 2.24) is 4.98 Å². The van der Waals surface area contributed by atoms with Gasteiger partial charge in [-0.3, -0.25) is 9.79 Å². The van der Waals surface area contributed by atoms with E-state index in [1.165, 1.54) is 18.3 Å². The Hall–Kier alpha value is -3.35. The highest BCUT2D eigenvalue weighted by molar-refractivity contribution is 6.01. The first-order valence-corrected chi connectivity index (χ1v) is 14.0. The van der Waals surface area contributed by atoms with Crippen LogP contribution >= 0.6 is 0 Å². The molecule has 0 aliphatic carbocycles. The zero-order valence-corrected chi connectivity index (χ0v) is 23.2. The molecular formula is C33H38F4N2O. The van der Waals surface area contributed by atoms with E-state index in [1.807, 2.05) is 37.3 Å². The van der Waals surface area contributed by atoms with Crippen molar-refractivity contribution in [1.29, 1.82) is 0 Å². The molecule has 3 rings (SSSR count). The Morgan fingerprint density at radius 3 is 2.40 bits per heavy atom. The summed E-state index contributed by atoms with van der Waals surface area (Å²) in [6.45, 7) is 5.45. The van der Waals surface area contributed by atoms with Gasteiger partial charge in [-0.05, 0) is 104 Å². The number of aromatic nitrogens is 1. The van der Waals surface area contributed by atoms with Gasteiger partial charge in [0.2, 0.25) is 5.95 Å². The molecule has 3 nitrogen and oxygen atoms in total. The van der Waals surface area contributed by atoms with Crippen LogP contribution in [-0.2, 0) is 24.1 Å². The van der Waals surface area contributed by atoms with Crippen molar-refractivity contribution in [3.8, 4) is 0 Å². The zero-order valence-electron chi connectivity index (χ0n) is 23.2. The molecule has 0 spiro atoms.